The number of imide groups is 1. The van der Waals surface area contributed by atoms with Crippen molar-refractivity contribution in [3.05, 3.63) is 35.4 Å². The van der Waals surface area contributed by atoms with Gasteiger partial charge in [0, 0.05) is 39.8 Å². The van der Waals surface area contributed by atoms with E-state index in [1.807, 2.05) is 0 Å². The minimum atomic E-state index is -0.187. The molecule has 162 valence electrons. The Morgan fingerprint density at radius 3 is 2.50 bits per heavy atom. The monoisotopic (exact) mass is 414 g/mol. The Balaban J connectivity index is 1.20. The van der Waals surface area contributed by atoms with E-state index in [0.29, 0.717) is 24.3 Å². The Kier molecular flexibility index (Phi) is 6.64. The molecule has 2 fully saturated rings. The molecule has 0 saturated carbocycles. The van der Waals surface area contributed by atoms with Crippen LogP contribution in [0.2, 0.25) is 0 Å². The fraction of sp³-hybridized carbons (Fsp3) is 0.591. The van der Waals surface area contributed by atoms with E-state index in [9.17, 15) is 9.59 Å². The van der Waals surface area contributed by atoms with Gasteiger partial charge in [-0.3, -0.25) is 19.5 Å². The first-order chi connectivity index (χ1) is 14.7. The van der Waals surface area contributed by atoms with Crippen LogP contribution < -0.4 is 5.32 Å². The quantitative estimate of drug-likeness (QED) is 0.329. The number of carbonyl (C=O) groups excluding carboxylic acids is 2. The van der Waals surface area contributed by atoms with Crippen molar-refractivity contribution in [1.29, 1.82) is 0 Å². The van der Waals surface area contributed by atoms with Gasteiger partial charge in [-0.05, 0) is 37.8 Å². The topological polar surface area (TPSA) is 83.5 Å². The molecule has 4 rings (SSSR count). The second-order valence-electron chi connectivity index (χ2n) is 7.90. The summed E-state index contributed by atoms with van der Waals surface area (Å²) >= 11 is 0. The molecule has 8 heteroatoms. The van der Waals surface area contributed by atoms with Crippen LogP contribution in [0.4, 0.5) is 0 Å². The van der Waals surface area contributed by atoms with E-state index in [1.165, 1.54) is 4.90 Å². The second kappa shape index (κ2) is 9.57. The standard InChI is InChI=1S/C22H30N4O4/c1-23-22(25-12-14-30-19(15-25)18-9-6-13-29-18)24-10-4-5-11-26-20(27)16-7-2-3-8-17(16)21(26)28/h2-3,7-8,18-19H,4-6,9-15H2,1H3,(H,23,24). The molecule has 1 N–H and O–H groups in total. The van der Waals surface area contributed by atoms with E-state index < -0.39 is 0 Å². The summed E-state index contributed by atoms with van der Waals surface area (Å²) in [6.45, 7) is 4.25. The van der Waals surface area contributed by atoms with Gasteiger partial charge in [-0.2, -0.15) is 0 Å². The van der Waals surface area contributed by atoms with Crippen molar-refractivity contribution < 1.29 is 19.1 Å². The number of ether oxygens (including phenoxy) is 2. The van der Waals surface area contributed by atoms with Crippen molar-refractivity contribution in [2.45, 2.75) is 37.9 Å². The third-order valence-electron chi connectivity index (χ3n) is 5.95. The normalized spacial score (nSPS) is 24.5. The van der Waals surface area contributed by atoms with Gasteiger partial charge in [0.1, 0.15) is 6.10 Å². The zero-order valence-electron chi connectivity index (χ0n) is 17.5. The van der Waals surface area contributed by atoms with E-state index in [0.717, 1.165) is 57.9 Å². The predicted octanol–water partition coefficient (Wildman–Crippen LogP) is 1.52. The first-order valence-electron chi connectivity index (χ1n) is 10.8. The smallest absolute Gasteiger partial charge is 0.261 e. The molecule has 0 aliphatic carbocycles. The van der Waals surface area contributed by atoms with Crippen LogP contribution in [0.5, 0.6) is 0 Å². The van der Waals surface area contributed by atoms with Gasteiger partial charge in [0.15, 0.2) is 5.96 Å². The van der Waals surface area contributed by atoms with Crippen LogP contribution in [-0.4, -0.2) is 86.2 Å². The van der Waals surface area contributed by atoms with Crippen LogP contribution in [0, 0.1) is 0 Å². The first-order valence-corrected chi connectivity index (χ1v) is 10.8. The van der Waals surface area contributed by atoms with Crippen LogP contribution >= 0.6 is 0 Å². The number of aliphatic imine (C=N–C) groups is 1. The van der Waals surface area contributed by atoms with Crippen molar-refractivity contribution in [2.24, 2.45) is 4.99 Å². The van der Waals surface area contributed by atoms with E-state index in [1.54, 1.807) is 31.3 Å². The highest BCUT2D eigenvalue weighted by Crippen LogP contribution is 2.23. The van der Waals surface area contributed by atoms with Gasteiger partial charge in [0.2, 0.25) is 0 Å². The molecule has 0 aromatic heterocycles. The maximum Gasteiger partial charge on any atom is 0.261 e. The van der Waals surface area contributed by atoms with Crippen molar-refractivity contribution in [3.8, 4) is 0 Å². The number of carbonyl (C=O) groups is 2. The van der Waals surface area contributed by atoms with Crippen LogP contribution in [0.25, 0.3) is 0 Å². The van der Waals surface area contributed by atoms with E-state index in [-0.39, 0.29) is 24.0 Å². The zero-order chi connectivity index (χ0) is 20.9. The number of nitrogens with zero attached hydrogens (tertiary/aromatic N) is 3. The summed E-state index contributed by atoms with van der Waals surface area (Å²) < 4.78 is 11.7. The lowest BCUT2D eigenvalue weighted by Crippen LogP contribution is -2.53. The highest BCUT2D eigenvalue weighted by molar-refractivity contribution is 6.21. The van der Waals surface area contributed by atoms with Gasteiger partial charge in [0.05, 0.1) is 23.8 Å². The van der Waals surface area contributed by atoms with Gasteiger partial charge >= 0.3 is 0 Å². The molecule has 2 atom stereocenters. The van der Waals surface area contributed by atoms with E-state index >= 15 is 0 Å². The van der Waals surface area contributed by atoms with Gasteiger partial charge in [-0.25, -0.2) is 0 Å². The lowest BCUT2D eigenvalue weighted by atomic mass is 10.1. The molecule has 1 aromatic rings. The SMILES string of the molecule is CN=C(NCCCCN1C(=O)c2ccccc2C1=O)N1CCOC(C2CCCO2)C1. The van der Waals surface area contributed by atoms with Crippen molar-refractivity contribution >= 4 is 17.8 Å². The minimum Gasteiger partial charge on any atom is -0.375 e. The maximum absolute atomic E-state index is 12.4. The number of guanidine groups is 1. The fourth-order valence-electron chi connectivity index (χ4n) is 4.36. The molecule has 0 radical (unpaired) electrons. The summed E-state index contributed by atoms with van der Waals surface area (Å²) in [5.74, 6) is 0.489. The average Bonchev–Trinajstić information content (AvgIpc) is 3.40. The van der Waals surface area contributed by atoms with Gasteiger partial charge in [-0.15, -0.1) is 0 Å². The zero-order valence-corrected chi connectivity index (χ0v) is 17.5. The molecular formula is C22H30N4O4. The predicted molar refractivity (Wildman–Crippen MR) is 113 cm³/mol. The summed E-state index contributed by atoms with van der Waals surface area (Å²) in [6, 6.07) is 7.01. The summed E-state index contributed by atoms with van der Waals surface area (Å²) in [6.07, 6.45) is 4.02. The molecule has 8 nitrogen and oxygen atoms in total. The Bertz CT molecular complexity index is 771. The van der Waals surface area contributed by atoms with E-state index in [4.69, 9.17) is 9.47 Å². The Morgan fingerprint density at radius 1 is 1.10 bits per heavy atom. The number of benzene rings is 1. The van der Waals surface area contributed by atoms with Crippen LogP contribution in [0.1, 0.15) is 46.4 Å². The molecular weight excluding hydrogens is 384 g/mol. The van der Waals surface area contributed by atoms with Crippen LogP contribution in [0.3, 0.4) is 0 Å². The second-order valence-corrected chi connectivity index (χ2v) is 7.90. The Hall–Kier alpha value is -2.45. The molecule has 2 saturated heterocycles. The molecule has 0 spiro atoms. The number of hydrogen-bond acceptors (Lipinski definition) is 5. The van der Waals surface area contributed by atoms with Crippen LogP contribution in [0.15, 0.2) is 29.3 Å². The highest BCUT2D eigenvalue weighted by atomic mass is 16.5. The molecule has 2 amide bonds. The van der Waals surface area contributed by atoms with Gasteiger partial charge in [-0.1, -0.05) is 12.1 Å². The highest BCUT2D eigenvalue weighted by Gasteiger charge is 2.34. The lowest BCUT2D eigenvalue weighted by molar-refractivity contribution is -0.0816. The number of rotatable bonds is 6. The average molecular weight is 415 g/mol. The largest absolute Gasteiger partial charge is 0.375 e. The van der Waals surface area contributed by atoms with Gasteiger partial charge in [0.25, 0.3) is 11.8 Å². The first kappa shape index (κ1) is 20.8. The molecule has 2 unspecified atom stereocenters. The molecule has 3 aliphatic heterocycles. The van der Waals surface area contributed by atoms with Gasteiger partial charge < -0.3 is 19.7 Å². The fourth-order valence-corrected chi connectivity index (χ4v) is 4.36. The van der Waals surface area contributed by atoms with Crippen molar-refractivity contribution in [2.75, 3.05) is 46.4 Å². The maximum atomic E-state index is 12.4. The lowest BCUT2D eigenvalue weighted by Gasteiger charge is -2.37. The van der Waals surface area contributed by atoms with E-state index in [2.05, 4.69) is 15.2 Å². The third kappa shape index (κ3) is 4.34. The van der Waals surface area contributed by atoms with Crippen molar-refractivity contribution in [3.63, 3.8) is 0 Å². The molecule has 1 aromatic carbocycles. The Labute approximate surface area is 177 Å². The number of unbranched alkanes of at least 4 members (excludes halogenated alkanes) is 1. The number of hydrogen-bond donors (Lipinski definition) is 1. The summed E-state index contributed by atoms with van der Waals surface area (Å²) in [4.78, 5) is 32.8. The summed E-state index contributed by atoms with van der Waals surface area (Å²) in [5, 5.41) is 3.41. The number of amides is 2. The minimum absolute atomic E-state index is 0.0913. The summed E-state index contributed by atoms with van der Waals surface area (Å²) in [7, 11) is 1.79. The Morgan fingerprint density at radius 2 is 1.83 bits per heavy atom. The molecule has 3 aliphatic rings. The molecule has 0 bridgehead atoms. The van der Waals surface area contributed by atoms with Crippen LogP contribution in [-0.2, 0) is 9.47 Å². The molecule has 30 heavy (non-hydrogen) atoms. The number of nitrogens with one attached hydrogen (secondary N) is 1. The summed E-state index contributed by atoms with van der Waals surface area (Å²) in [5.41, 5.74) is 1.02. The number of fused-ring (bicyclic) bond motifs is 1. The number of morpholine rings is 1. The molecule has 3 heterocycles. The third-order valence-corrected chi connectivity index (χ3v) is 5.95. The van der Waals surface area contributed by atoms with Crippen molar-refractivity contribution in [1.82, 2.24) is 15.1 Å².